The van der Waals surface area contributed by atoms with Crippen LogP contribution in [0, 0.1) is 0 Å². The molecule has 176 valence electrons. The van der Waals surface area contributed by atoms with E-state index in [9.17, 15) is 9.59 Å². The van der Waals surface area contributed by atoms with E-state index in [2.05, 4.69) is 10.3 Å². The van der Waals surface area contributed by atoms with Crippen LogP contribution in [0.25, 0.3) is 22.0 Å². The summed E-state index contributed by atoms with van der Waals surface area (Å²) in [5, 5.41) is 5.59. The first kappa shape index (κ1) is 22.5. The highest BCUT2D eigenvalue weighted by Crippen LogP contribution is 2.37. The van der Waals surface area contributed by atoms with Gasteiger partial charge in [0, 0.05) is 17.1 Å². The molecule has 8 nitrogen and oxygen atoms in total. The van der Waals surface area contributed by atoms with Gasteiger partial charge in [-0.2, -0.15) is 0 Å². The van der Waals surface area contributed by atoms with Gasteiger partial charge in [-0.25, -0.2) is 4.98 Å². The number of para-hydroxylation sites is 2. The Balaban J connectivity index is 1.39. The van der Waals surface area contributed by atoms with E-state index in [0.29, 0.717) is 29.5 Å². The molecule has 0 aliphatic carbocycles. The normalized spacial score (nSPS) is 12.6. The molecule has 0 saturated heterocycles. The topological polar surface area (TPSA) is 93.7 Å². The van der Waals surface area contributed by atoms with Crippen molar-refractivity contribution in [3.8, 4) is 33.5 Å². The van der Waals surface area contributed by atoms with Crippen LogP contribution in [0.1, 0.15) is 6.92 Å². The van der Waals surface area contributed by atoms with Gasteiger partial charge in [-0.3, -0.25) is 19.5 Å². The number of amides is 2. The Bertz CT molecular complexity index is 1370. The zero-order valence-electron chi connectivity index (χ0n) is 18.9. The van der Waals surface area contributed by atoms with Gasteiger partial charge < -0.3 is 14.8 Å². The van der Waals surface area contributed by atoms with Crippen molar-refractivity contribution in [3.63, 3.8) is 0 Å². The molecule has 0 radical (unpaired) electrons. The van der Waals surface area contributed by atoms with Gasteiger partial charge in [0.2, 0.25) is 5.91 Å². The van der Waals surface area contributed by atoms with Crippen molar-refractivity contribution in [3.05, 3.63) is 72.2 Å². The smallest absolute Gasteiger partial charge is 0.265 e. The third-order valence-corrected chi connectivity index (χ3v) is 6.21. The molecular weight excluding hydrogens is 464 g/mol. The van der Waals surface area contributed by atoms with Crippen molar-refractivity contribution in [2.45, 2.75) is 6.92 Å². The summed E-state index contributed by atoms with van der Waals surface area (Å²) in [6, 6.07) is 18.4. The lowest BCUT2D eigenvalue weighted by Crippen LogP contribution is -2.43. The van der Waals surface area contributed by atoms with Crippen molar-refractivity contribution in [1.29, 1.82) is 0 Å². The van der Waals surface area contributed by atoms with Crippen molar-refractivity contribution < 1.29 is 19.1 Å². The van der Waals surface area contributed by atoms with Gasteiger partial charge in [0.1, 0.15) is 23.1 Å². The number of hydrogen-bond donors (Lipinski definition) is 1. The monoisotopic (exact) mass is 486 g/mol. The summed E-state index contributed by atoms with van der Waals surface area (Å²) < 4.78 is 11.2. The van der Waals surface area contributed by atoms with Crippen LogP contribution >= 0.6 is 11.3 Å². The van der Waals surface area contributed by atoms with Crippen LogP contribution in [-0.4, -0.2) is 41.5 Å². The largest absolute Gasteiger partial charge is 0.492 e. The molecule has 0 unspecified atom stereocenters. The minimum absolute atomic E-state index is 0.129. The summed E-state index contributed by atoms with van der Waals surface area (Å²) in [6.07, 6.45) is 1.73. The van der Waals surface area contributed by atoms with Crippen LogP contribution in [0.3, 0.4) is 0 Å². The molecule has 3 heterocycles. The predicted molar refractivity (Wildman–Crippen MR) is 135 cm³/mol. The first-order valence-corrected chi connectivity index (χ1v) is 12.0. The number of pyridine rings is 1. The molecule has 0 bridgehead atoms. The second-order valence-electron chi connectivity index (χ2n) is 7.68. The third-order valence-electron chi connectivity index (χ3n) is 5.35. The van der Waals surface area contributed by atoms with Crippen molar-refractivity contribution in [1.82, 2.24) is 9.97 Å². The molecule has 1 aliphatic heterocycles. The minimum atomic E-state index is -0.338. The molecule has 1 aliphatic rings. The number of thiazole rings is 1. The fraction of sp³-hybridized carbons (Fsp3) is 0.154. The number of rotatable bonds is 7. The minimum Gasteiger partial charge on any atom is -0.492 e. The third kappa shape index (κ3) is 4.85. The lowest BCUT2D eigenvalue weighted by atomic mass is 10.1. The standard InChI is InChI=1S/C26H22N4O4S/c1-2-33-22-9-4-3-7-18(22)28-24(31)14-30-21-13-17(10-11-23(21)34-15-25(30)32)20-16-35-26(29-20)19-8-5-6-12-27-19/h3-13,16H,2,14-15H2,1H3,(H,28,31). The second-order valence-corrected chi connectivity index (χ2v) is 8.54. The highest BCUT2D eigenvalue weighted by atomic mass is 32.1. The highest BCUT2D eigenvalue weighted by Gasteiger charge is 2.28. The van der Waals surface area contributed by atoms with E-state index in [1.807, 2.05) is 54.8 Å². The maximum absolute atomic E-state index is 12.9. The van der Waals surface area contributed by atoms with Gasteiger partial charge in [0.05, 0.1) is 29.4 Å². The summed E-state index contributed by atoms with van der Waals surface area (Å²) in [6.45, 7) is 2.07. The molecule has 2 aromatic heterocycles. The van der Waals surface area contributed by atoms with Crippen LogP contribution in [0.4, 0.5) is 11.4 Å². The van der Waals surface area contributed by atoms with Crippen LogP contribution in [0.15, 0.2) is 72.2 Å². The first-order valence-electron chi connectivity index (χ1n) is 11.1. The number of benzene rings is 2. The van der Waals surface area contributed by atoms with Crippen LogP contribution in [-0.2, 0) is 9.59 Å². The molecule has 4 aromatic rings. The Morgan fingerprint density at radius 1 is 1.14 bits per heavy atom. The van der Waals surface area contributed by atoms with E-state index in [0.717, 1.165) is 22.0 Å². The second kappa shape index (κ2) is 9.94. The number of anilines is 2. The van der Waals surface area contributed by atoms with Gasteiger partial charge in [0.25, 0.3) is 5.91 Å². The Hall–Kier alpha value is -4.24. The maximum atomic E-state index is 12.9. The summed E-state index contributed by atoms with van der Waals surface area (Å²) in [4.78, 5) is 36.1. The zero-order chi connectivity index (χ0) is 24.2. The van der Waals surface area contributed by atoms with E-state index in [1.165, 1.54) is 16.2 Å². The van der Waals surface area contributed by atoms with E-state index in [1.54, 1.807) is 24.4 Å². The Labute approximate surface area is 206 Å². The molecule has 0 fully saturated rings. The first-order chi connectivity index (χ1) is 17.1. The molecule has 5 rings (SSSR count). The predicted octanol–water partition coefficient (Wildman–Crippen LogP) is 4.63. The van der Waals surface area contributed by atoms with E-state index in [4.69, 9.17) is 14.5 Å². The lowest BCUT2D eigenvalue weighted by molar-refractivity contribution is -0.123. The summed E-state index contributed by atoms with van der Waals surface area (Å²) in [5.41, 5.74) is 3.45. The average molecular weight is 487 g/mol. The Morgan fingerprint density at radius 2 is 2.00 bits per heavy atom. The van der Waals surface area contributed by atoms with Gasteiger partial charge >= 0.3 is 0 Å². The maximum Gasteiger partial charge on any atom is 0.265 e. The molecule has 0 atom stereocenters. The summed E-state index contributed by atoms with van der Waals surface area (Å²) in [5.74, 6) is 0.479. The van der Waals surface area contributed by atoms with Crippen LogP contribution in [0.2, 0.25) is 0 Å². The summed E-state index contributed by atoms with van der Waals surface area (Å²) >= 11 is 1.49. The van der Waals surface area contributed by atoms with E-state index < -0.39 is 0 Å². The van der Waals surface area contributed by atoms with Gasteiger partial charge in [-0.15, -0.1) is 11.3 Å². The lowest BCUT2D eigenvalue weighted by Gasteiger charge is -2.29. The van der Waals surface area contributed by atoms with E-state index in [-0.39, 0.29) is 25.0 Å². The van der Waals surface area contributed by atoms with Gasteiger partial charge in [-0.05, 0) is 49.4 Å². The molecule has 2 aromatic carbocycles. The number of carbonyl (C=O) groups is 2. The number of carbonyl (C=O) groups excluding carboxylic acids is 2. The Morgan fingerprint density at radius 3 is 2.83 bits per heavy atom. The molecule has 1 N–H and O–H groups in total. The van der Waals surface area contributed by atoms with Crippen LogP contribution in [0.5, 0.6) is 11.5 Å². The highest BCUT2D eigenvalue weighted by molar-refractivity contribution is 7.13. The van der Waals surface area contributed by atoms with E-state index >= 15 is 0 Å². The zero-order valence-corrected chi connectivity index (χ0v) is 19.7. The molecule has 0 saturated carbocycles. The van der Waals surface area contributed by atoms with Crippen molar-refractivity contribution in [2.24, 2.45) is 0 Å². The number of aromatic nitrogens is 2. The van der Waals surface area contributed by atoms with Gasteiger partial charge in [0.15, 0.2) is 6.61 Å². The van der Waals surface area contributed by atoms with Gasteiger partial charge in [-0.1, -0.05) is 18.2 Å². The average Bonchev–Trinajstić information content (AvgIpc) is 3.38. The molecule has 2 amide bonds. The fourth-order valence-corrected chi connectivity index (χ4v) is 4.54. The van der Waals surface area contributed by atoms with Crippen LogP contribution < -0.4 is 19.7 Å². The number of ether oxygens (including phenoxy) is 2. The summed E-state index contributed by atoms with van der Waals surface area (Å²) in [7, 11) is 0. The quantitative estimate of drug-likeness (QED) is 0.409. The number of hydrogen-bond acceptors (Lipinski definition) is 7. The fourth-order valence-electron chi connectivity index (χ4n) is 3.73. The number of fused-ring (bicyclic) bond motifs is 1. The molecule has 0 spiro atoms. The molecule has 35 heavy (non-hydrogen) atoms. The van der Waals surface area contributed by atoms with Crippen molar-refractivity contribution in [2.75, 3.05) is 30.0 Å². The molecule has 9 heteroatoms. The Kier molecular flexibility index (Phi) is 6.40. The SMILES string of the molecule is CCOc1ccccc1NC(=O)CN1C(=O)COc2ccc(-c3csc(-c4ccccn4)n3)cc21. The number of nitrogens with one attached hydrogen (secondary N) is 1. The van der Waals surface area contributed by atoms with Crippen molar-refractivity contribution >= 4 is 34.5 Å². The number of nitrogens with zero attached hydrogens (tertiary/aromatic N) is 3. The molecular formula is C26H22N4O4S.